The van der Waals surface area contributed by atoms with E-state index in [9.17, 15) is 0 Å². The monoisotopic (exact) mass is 301 g/mol. The average molecular weight is 302 g/mol. The van der Waals surface area contributed by atoms with Gasteiger partial charge in [0.25, 0.3) is 0 Å². The maximum Gasteiger partial charge on any atom is 0.119 e. The average Bonchev–Trinajstić information content (AvgIpc) is 2.36. The molecular weight excluding hydrogens is 282 g/mol. The van der Waals surface area contributed by atoms with Gasteiger partial charge in [-0.1, -0.05) is 15.9 Å². The second kappa shape index (κ2) is 8.37. The molecule has 1 aromatic carbocycles. The lowest BCUT2D eigenvalue weighted by atomic mass is 10.3. The van der Waals surface area contributed by atoms with E-state index in [1.54, 1.807) is 7.11 Å². The molecule has 0 saturated carbocycles. The maximum absolute atomic E-state index is 5.60. The van der Waals surface area contributed by atoms with Crippen LogP contribution >= 0.6 is 15.9 Å². The normalized spacial score (nSPS) is 12.2. The molecule has 0 bridgehead atoms. The molecule has 0 saturated heterocycles. The highest BCUT2D eigenvalue weighted by molar-refractivity contribution is 9.09. The van der Waals surface area contributed by atoms with E-state index in [0.29, 0.717) is 12.6 Å². The number of rotatable bonds is 8. The lowest BCUT2D eigenvalue weighted by Crippen LogP contribution is -2.30. The van der Waals surface area contributed by atoms with Crippen LogP contribution in [0.4, 0.5) is 0 Å². The number of halogens is 1. The van der Waals surface area contributed by atoms with Crippen LogP contribution in [0.15, 0.2) is 24.3 Å². The summed E-state index contributed by atoms with van der Waals surface area (Å²) in [5, 5.41) is 4.42. The van der Waals surface area contributed by atoms with Crippen molar-refractivity contribution in [2.24, 2.45) is 0 Å². The van der Waals surface area contributed by atoms with E-state index < -0.39 is 0 Å². The largest absolute Gasteiger partial charge is 0.497 e. The van der Waals surface area contributed by atoms with Crippen LogP contribution in [0.5, 0.6) is 11.5 Å². The van der Waals surface area contributed by atoms with E-state index in [2.05, 4.69) is 28.2 Å². The second-order valence-corrected chi connectivity index (χ2v) is 4.65. The van der Waals surface area contributed by atoms with Crippen molar-refractivity contribution in [1.82, 2.24) is 5.32 Å². The van der Waals surface area contributed by atoms with Gasteiger partial charge in [-0.05, 0) is 37.6 Å². The van der Waals surface area contributed by atoms with Gasteiger partial charge in [0.15, 0.2) is 0 Å². The Labute approximate surface area is 112 Å². The summed E-state index contributed by atoms with van der Waals surface area (Å²) in [7, 11) is 1.66. The van der Waals surface area contributed by atoms with Crippen molar-refractivity contribution in [2.75, 3.05) is 25.6 Å². The van der Waals surface area contributed by atoms with Crippen LogP contribution < -0.4 is 14.8 Å². The Hall–Kier alpha value is -0.740. The van der Waals surface area contributed by atoms with Crippen LogP contribution in [-0.4, -0.2) is 31.6 Å². The molecule has 0 aliphatic carbocycles. The summed E-state index contributed by atoms with van der Waals surface area (Å²) in [5.41, 5.74) is 0. The highest BCUT2D eigenvalue weighted by Gasteiger charge is 1.99. The molecule has 96 valence electrons. The van der Waals surface area contributed by atoms with Crippen molar-refractivity contribution < 1.29 is 9.47 Å². The maximum atomic E-state index is 5.60. The number of benzene rings is 1. The van der Waals surface area contributed by atoms with Crippen LogP contribution in [0.25, 0.3) is 0 Å². The lowest BCUT2D eigenvalue weighted by Gasteiger charge is -2.12. The molecule has 0 aromatic heterocycles. The molecule has 0 fully saturated rings. The first-order valence-corrected chi connectivity index (χ1v) is 6.94. The molecule has 1 atom stereocenters. The number of hydrogen-bond acceptors (Lipinski definition) is 3. The van der Waals surface area contributed by atoms with Crippen LogP contribution in [0.3, 0.4) is 0 Å². The zero-order chi connectivity index (χ0) is 12.5. The number of methoxy groups -OCH3 is 1. The summed E-state index contributed by atoms with van der Waals surface area (Å²) in [6.07, 6.45) is 1.13. The molecule has 1 unspecified atom stereocenters. The molecule has 0 spiro atoms. The first kappa shape index (κ1) is 14.3. The fourth-order valence-electron chi connectivity index (χ4n) is 1.41. The molecule has 1 N–H and O–H groups in total. The number of nitrogens with one attached hydrogen (secondary N) is 1. The van der Waals surface area contributed by atoms with Gasteiger partial charge < -0.3 is 14.8 Å². The molecule has 1 rings (SSSR count). The Morgan fingerprint density at radius 1 is 1.24 bits per heavy atom. The fraction of sp³-hybridized carbons (Fsp3) is 0.538. The molecule has 3 nitrogen and oxygen atoms in total. The summed E-state index contributed by atoms with van der Waals surface area (Å²) in [5.74, 6) is 1.72. The summed E-state index contributed by atoms with van der Waals surface area (Å²) in [6, 6.07) is 8.15. The topological polar surface area (TPSA) is 30.5 Å². The third-order valence-corrected chi connectivity index (χ3v) is 2.92. The van der Waals surface area contributed by atoms with Gasteiger partial charge in [0.1, 0.15) is 18.1 Å². The van der Waals surface area contributed by atoms with Gasteiger partial charge >= 0.3 is 0 Å². The third-order valence-electron chi connectivity index (χ3n) is 2.47. The standard InChI is InChI=1S/C13H20BrNO2/c1-11(7-8-14)15-9-10-17-13-5-3-12(16-2)4-6-13/h3-6,11,15H,7-10H2,1-2H3. The van der Waals surface area contributed by atoms with E-state index in [4.69, 9.17) is 9.47 Å². The van der Waals surface area contributed by atoms with Gasteiger partial charge in [-0.15, -0.1) is 0 Å². The molecule has 0 aliphatic heterocycles. The zero-order valence-electron chi connectivity index (χ0n) is 10.4. The minimum Gasteiger partial charge on any atom is -0.497 e. The highest BCUT2D eigenvalue weighted by Crippen LogP contribution is 2.16. The van der Waals surface area contributed by atoms with Gasteiger partial charge in [0.2, 0.25) is 0 Å². The van der Waals surface area contributed by atoms with Crippen molar-refractivity contribution in [2.45, 2.75) is 19.4 Å². The summed E-state index contributed by atoms with van der Waals surface area (Å²) in [6.45, 7) is 3.72. The Morgan fingerprint density at radius 2 is 1.88 bits per heavy atom. The van der Waals surface area contributed by atoms with Crippen molar-refractivity contribution in [3.05, 3.63) is 24.3 Å². The number of hydrogen-bond donors (Lipinski definition) is 1. The van der Waals surface area contributed by atoms with E-state index in [1.807, 2.05) is 24.3 Å². The van der Waals surface area contributed by atoms with Crippen molar-refractivity contribution in [3.8, 4) is 11.5 Å². The van der Waals surface area contributed by atoms with Gasteiger partial charge in [0, 0.05) is 17.9 Å². The predicted molar refractivity (Wildman–Crippen MR) is 74.4 cm³/mol. The molecular formula is C13H20BrNO2. The van der Waals surface area contributed by atoms with E-state index in [1.165, 1.54) is 0 Å². The van der Waals surface area contributed by atoms with Crippen molar-refractivity contribution in [3.63, 3.8) is 0 Å². The fourth-order valence-corrected chi connectivity index (χ4v) is 2.10. The summed E-state index contributed by atoms with van der Waals surface area (Å²) < 4.78 is 10.7. The Morgan fingerprint density at radius 3 is 2.47 bits per heavy atom. The minimum absolute atomic E-state index is 0.522. The van der Waals surface area contributed by atoms with Crippen LogP contribution in [0, 0.1) is 0 Å². The molecule has 0 radical (unpaired) electrons. The van der Waals surface area contributed by atoms with E-state index in [-0.39, 0.29) is 0 Å². The minimum atomic E-state index is 0.522. The van der Waals surface area contributed by atoms with Gasteiger partial charge in [0.05, 0.1) is 7.11 Å². The van der Waals surface area contributed by atoms with Gasteiger partial charge in [-0.25, -0.2) is 0 Å². The smallest absolute Gasteiger partial charge is 0.119 e. The lowest BCUT2D eigenvalue weighted by molar-refractivity contribution is 0.305. The molecule has 4 heteroatoms. The van der Waals surface area contributed by atoms with Crippen molar-refractivity contribution >= 4 is 15.9 Å². The van der Waals surface area contributed by atoms with Gasteiger partial charge in [-0.3, -0.25) is 0 Å². The first-order chi connectivity index (χ1) is 8.26. The summed E-state index contributed by atoms with van der Waals surface area (Å²) in [4.78, 5) is 0. The summed E-state index contributed by atoms with van der Waals surface area (Å²) >= 11 is 3.43. The highest BCUT2D eigenvalue weighted by atomic mass is 79.9. The second-order valence-electron chi connectivity index (χ2n) is 3.86. The predicted octanol–water partition coefficient (Wildman–Crippen LogP) is 2.84. The quantitative estimate of drug-likeness (QED) is 0.592. The zero-order valence-corrected chi connectivity index (χ0v) is 12.0. The van der Waals surface area contributed by atoms with Crippen LogP contribution in [0.2, 0.25) is 0 Å². The van der Waals surface area contributed by atoms with Gasteiger partial charge in [-0.2, -0.15) is 0 Å². The third kappa shape index (κ3) is 5.94. The first-order valence-electron chi connectivity index (χ1n) is 5.82. The SMILES string of the molecule is COc1ccc(OCCNC(C)CCBr)cc1. The van der Waals surface area contributed by atoms with E-state index in [0.717, 1.165) is 29.8 Å². The van der Waals surface area contributed by atoms with E-state index >= 15 is 0 Å². The molecule has 0 aliphatic rings. The molecule has 1 aromatic rings. The molecule has 0 amide bonds. The Bertz CT molecular complexity index is 303. The number of ether oxygens (including phenoxy) is 2. The van der Waals surface area contributed by atoms with Crippen molar-refractivity contribution in [1.29, 1.82) is 0 Å². The van der Waals surface area contributed by atoms with Crippen LogP contribution in [-0.2, 0) is 0 Å². The Balaban J connectivity index is 2.17. The molecule has 17 heavy (non-hydrogen) atoms. The van der Waals surface area contributed by atoms with Crippen LogP contribution in [0.1, 0.15) is 13.3 Å². The molecule has 0 heterocycles. The Kier molecular flexibility index (Phi) is 7.05. The number of alkyl halides is 1.